The zero-order valence-electron chi connectivity index (χ0n) is 10.1. The minimum atomic E-state index is 0.498. The van der Waals surface area contributed by atoms with Crippen molar-refractivity contribution >= 4 is 5.95 Å². The number of hydrogen-bond donors (Lipinski definition) is 1. The van der Waals surface area contributed by atoms with Crippen LogP contribution in [0.15, 0.2) is 6.07 Å². The zero-order valence-corrected chi connectivity index (χ0v) is 10.1. The Kier molecular flexibility index (Phi) is 4.78. The Morgan fingerprint density at radius 2 is 1.81 bits per heavy atom. The SMILES string of the molecule is CNCCN(C)c1nc(OC)cc(OC)n1. The van der Waals surface area contributed by atoms with Gasteiger partial charge in [-0.2, -0.15) is 9.97 Å². The topological polar surface area (TPSA) is 59.5 Å². The van der Waals surface area contributed by atoms with E-state index in [2.05, 4.69) is 15.3 Å². The maximum Gasteiger partial charge on any atom is 0.231 e. The van der Waals surface area contributed by atoms with Crippen LogP contribution < -0.4 is 19.7 Å². The van der Waals surface area contributed by atoms with Crippen LogP contribution in [-0.2, 0) is 0 Å². The van der Waals surface area contributed by atoms with Crippen LogP contribution in [0.1, 0.15) is 0 Å². The minimum absolute atomic E-state index is 0.498. The molecular weight excluding hydrogens is 208 g/mol. The first kappa shape index (κ1) is 12.5. The largest absolute Gasteiger partial charge is 0.481 e. The van der Waals surface area contributed by atoms with Gasteiger partial charge in [-0.05, 0) is 7.05 Å². The molecule has 1 rings (SSSR count). The van der Waals surface area contributed by atoms with E-state index in [0.29, 0.717) is 17.7 Å². The fourth-order valence-electron chi connectivity index (χ4n) is 1.15. The third-order valence-corrected chi connectivity index (χ3v) is 2.12. The van der Waals surface area contributed by atoms with Crippen LogP contribution in [0.5, 0.6) is 11.8 Å². The molecule has 0 bridgehead atoms. The van der Waals surface area contributed by atoms with Gasteiger partial charge in [0.2, 0.25) is 17.7 Å². The summed E-state index contributed by atoms with van der Waals surface area (Å²) in [6.45, 7) is 1.67. The fourth-order valence-corrected chi connectivity index (χ4v) is 1.15. The van der Waals surface area contributed by atoms with Gasteiger partial charge in [-0.1, -0.05) is 0 Å². The number of nitrogens with one attached hydrogen (secondary N) is 1. The number of anilines is 1. The summed E-state index contributed by atoms with van der Waals surface area (Å²) in [6.07, 6.45) is 0. The molecule has 1 aromatic rings. The average Bonchev–Trinajstić information content (AvgIpc) is 2.35. The number of methoxy groups -OCH3 is 2. The van der Waals surface area contributed by atoms with Crippen molar-refractivity contribution in [2.45, 2.75) is 0 Å². The summed E-state index contributed by atoms with van der Waals surface area (Å²) in [5, 5.41) is 3.07. The van der Waals surface area contributed by atoms with Gasteiger partial charge in [-0.25, -0.2) is 0 Å². The third kappa shape index (κ3) is 3.23. The van der Waals surface area contributed by atoms with Crippen LogP contribution in [0.4, 0.5) is 5.95 Å². The van der Waals surface area contributed by atoms with Crippen LogP contribution in [-0.4, -0.2) is 51.4 Å². The monoisotopic (exact) mass is 226 g/mol. The van der Waals surface area contributed by atoms with E-state index in [0.717, 1.165) is 13.1 Å². The van der Waals surface area contributed by atoms with Crippen molar-refractivity contribution in [1.82, 2.24) is 15.3 Å². The van der Waals surface area contributed by atoms with E-state index >= 15 is 0 Å². The fraction of sp³-hybridized carbons (Fsp3) is 0.600. The predicted molar refractivity (Wildman–Crippen MR) is 62.3 cm³/mol. The highest BCUT2D eigenvalue weighted by Gasteiger charge is 2.08. The van der Waals surface area contributed by atoms with Gasteiger partial charge in [0.25, 0.3) is 0 Å². The first-order valence-corrected chi connectivity index (χ1v) is 5.04. The van der Waals surface area contributed by atoms with Crippen molar-refractivity contribution in [2.75, 3.05) is 46.3 Å². The molecule has 0 atom stereocenters. The molecule has 0 spiro atoms. The number of rotatable bonds is 6. The number of nitrogens with zero attached hydrogens (tertiary/aromatic N) is 3. The summed E-state index contributed by atoms with van der Waals surface area (Å²) in [5.41, 5.74) is 0. The Labute approximate surface area is 95.6 Å². The molecule has 0 aliphatic carbocycles. The number of aromatic nitrogens is 2. The lowest BCUT2D eigenvalue weighted by Crippen LogP contribution is -2.28. The van der Waals surface area contributed by atoms with Crippen molar-refractivity contribution in [3.05, 3.63) is 6.07 Å². The summed E-state index contributed by atoms with van der Waals surface area (Å²) in [5.74, 6) is 1.59. The molecule has 1 N–H and O–H groups in total. The van der Waals surface area contributed by atoms with Gasteiger partial charge in [-0.15, -0.1) is 0 Å². The highest BCUT2D eigenvalue weighted by atomic mass is 16.5. The first-order valence-electron chi connectivity index (χ1n) is 5.04. The van der Waals surface area contributed by atoms with Crippen molar-refractivity contribution in [1.29, 1.82) is 0 Å². The minimum Gasteiger partial charge on any atom is -0.481 e. The number of ether oxygens (including phenoxy) is 2. The highest BCUT2D eigenvalue weighted by molar-refractivity contribution is 5.35. The molecule has 0 fully saturated rings. The molecular formula is C10H18N4O2. The van der Waals surface area contributed by atoms with E-state index in [1.807, 2.05) is 19.0 Å². The molecule has 0 aliphatic rings. The molecule has 16 heavy (non-hydrogen) atoms. The second-order valence-electron chi connectivity index (χ2n) is 3.28. The molecule has 0 unspecified atom stereocenters. The molecule has 0 radical (unpaired) electrons. The highest BCUT2D eigenvalue weighted by Crippen LogP contribution is 2.18. The molecule has 1 heterocycles. The van der Waals surface area contributed by atoms with Gasteiger partial charge in [-0.3, -0.25) is 0 Å². The molecule has 6 heteroatoms. The third-order valence-electron chi connectivity index (χ3n) is 2.12. The van der Waals surface area contributed by atoms with Gasteiger partial charge in [0.15, 0.2) is 0 Å². The Balaban J connectivity index is 2.85. The summed E-state index contributed by atoms with van der Waals surface area (Å²) >= 11 is 0. The van der Waals surface area contributed by atoms with Gasteiger partial charge in [0.05, 0.1) is 20.3 Å². The van der Waals surface area contributed by atoms with E-state index in [9.17, 15) is 0 Å². The Hall–Kier alpha value is -1.56. The number of likely N-dealkylation sites (N-methyl/N-ethyl adjacent to an activating group) is 2. The van der Waals surface area contributed by atoms with Crippen molar-refractivity contribution < 1.29 is 9.47 Å². The van der Waals surface area contributed by atoms with Crippen molar-refractivity contribution in [3.63, 3.8) is 0 Å². The summed E-state index contributed by atoms with van der Waals surface area (Å²) < 4.78 is 10.2. The zero-order chi connectivity index (χ0) is 12.0. The van der Waals surface area contributed by atoms with Gasteiger partial charge in [0.1, 0.15) is 0 Å². The second-order valence-corrected chi connectivity index (χ2v) is 3.28. The maximum absolute atomic E-state index is 5.08. The summed E-state index contributed by atoms with van der Waals surface area (Å²) in [6, 6.07) is 1.65. The van der Waals surface area contributed by atoms with Crippen LogP contribution in [0.3, 0.4) is 0 Å². The van der Waals surface area contributed by atoms with E-state index < -0.39 is 0 Å². The molecule has 0 saturated heterocycles. The molecule has 0 aromatic carbocycles. The molecule has 6 nitrogen and oxygen atoms in total. The molecule has 0 aliphatic heterocycles. The quantitative estimate of drug-likeness (QED) is 0.745. The van der Waals surface area contributed by atoms with Crippen LogP contribution in [0.25, 0.3) is 0 Å². The normalized spacial score (nSPS) is 10.0. The predicted octanol–water partition coefficient (Wildman–Crippen LogP) is 0.149. The Morgan fingerprint density at radius 1 is 1.25 bits per heavy atom. The average molecular weight is 226 g/mol. The van der Waals surface area contributed by atoms with E-state index in [4.69, 9.17) is 9.47 Å². The van der Waals surface area contributed by atoms with Gasteiger partial charge < -0.3 is 19.7 Å². The van der Waals surface area contributed by atoms with Crippen LogP contribution in [0.2, 0.25) is 0 Å². The van der Waals surface area contributed by atoms with Crippen molar-refractivity contribution in [3.8, 4) is 11.8 Å². The first-order chi connectivity index (χ1) is 7.71. The van der Waals surface area contributed by atoms with E-state index in [1.165, 1.54) is 0 Å². The Morgan fingerprint density at radius 3 is 2.25 bits per heavy atom. The standard InChI is InChI=1S/C10H18N4O2/c1-11-5-6-14(2)10-12-8(15-3)7-9(13-10)16-4/h7,11H,5-6H2,1-4H3. The lowest BCUT2D eigenvalue weighted by molar-refractivity contribution is 0.372. The smallest absolute Gasteiger partial charge is 0.231 e. The summed E-state index contributed by atoms with van der Waals surface area (Å²) in [7, 11) is 6.96. The van der Waals surface area contributed by atoms with E-state index in [1.54, 1.807) is 20.3 Å². The lowest BCUT2D eigenvalue weighted by Gasteiger charge is -2.17. The lowest BCUT2D eigenvalue weighted by atomic mass is 10.5. The second kappa shape index (κ2) is 6.12. The molecule has 1 aromatic heterocycles. The Bertz CT molecular complexity index is 310. The van der Waals surface area contributed by atoms with Crippen LogP contribution in [0, 0.1) is 0 Å². The molecule has 0 amide bonds. The van der Waals surface area contributed by atoms with Gasteiger partial charge in [0, 0.05) is 20.1 Å². The van der Waals surface area contributed by atoms with Crippen molar-refractivity contribution in [2.24, 2.45) is 0 Å². The van der Waals surface area contributed by atoms with Gasteiger partial charge >= 0.3 is 0 Å². The summed E-state index contributed by atoms with van der Waals surface area (Å²) in [4.78, 5) is 10.4. The molecule has 90 valence electrons. The molecule has 0 saturated carbocycles. The van der Waals surface area contributed by atoms with Crippen LogP contribution >= 0.6 is 0 Å². The number of hydrogen-bond acceptors (Lipinski definition) is 6. The van der Waals surface area contributed by atoms with E-state index in [-0.39, 0.29) is 0 Å². The maximum atomic E-state index is 5.08.